The van der Waals surface area contributed by atoms with Crippen molar-refractivity contribution in [1.29, 1.82) is 5.26 Å². The molecule has 0 radical (unpaired) electrons. The van der Waals surface area contributed by atoms with Crippen LogP contribution in [0.3, 0.4) is 0 Å². The highest BCUT2D eigenvalue weighted by molar-refractivity contribution is 5.59. The number of hydrogen-bond donors (Lipinski definition) is 0. The SMILES string of the molecule is CCc1ccc(-c2ccc(COc3ccc(C#N)c(F)c3)cc2)nc1. The molecule has 0 N–H and O–H groups in total. The molecule has 0 spiro atoms. The topological polar surface area (TPSA) is 45.9 Å². The predicted octanol–water partition coefficient (Wildman–Crippen LogP) is 4.90. The summed E-state index contributed by atoms with van der Waals surface area (Å²) < 4.78 is 19.1. The van der Waals surface area contributed by atoms with Gasteiger partial charge in [0.2, 0.25) is 0 Å². The van der Waals surface area contributed by atoms with Crippen LogP contribution in [-0.4, -0.2) is 4.98 Å². The van der Waals surface area contributed by atoms with Gasteiger partial charge in [-0.15, -0.1) is 0 Å². The second-order valence-corrected chi connectivity index (χ2v) is 5.64. The Morgan fingerprint density at radius 1 is 1.04 bits per heavy atom. The van der Waals surface area contributed by atoms with Gasteiger partial charge in [-0.3, -0.25) is 4.98 Å². The maximum absolute atomic E-state index is 13.6. The van der Waals surface area contributed by atoms with Crippen LogP contribution < -0.4 is 4.74 Å². The monoisotopic (exact) mass is 332 g/mol. The molecule has 2 aromatic carbocycles. The number of rotatable bonds is 5. The molecule has 0 saturated carbocycles. The van der Waals surface area contributed by atoms with E-state index < -0.39 is 5.82 Å². The van der Waals surface area contributed by atoms with Crippen LogP contribution in [0, 0.1) is 17.1 Å². The van der Waals surface area contributed by atoms with E-state index in [1.165, 1.54) is 17.7 Å². The highest BCUT2D eigenvalue weighted by Gasteiger charge is 2.04. The number of halogens is 1. The average Bonchev–Trinajstić information content (AvgIpc) is 2.67. The van der Waals surface area contributed by atoms with Crippen LogP contribution in [0.25, 0.3) is 11.3 Å². The van der Waals surface area contributed by atoms with E-state index in [0.29, 0.717) is 12.4 Å². The molecule has 0 aliphatic heterocycles. The van der Waals surface area contributed by atoms with Gasteiger partial charge < -0.3 is 4.74 Å². The first kappa shape index (κ1) is 16.7. The molecule has 4 heteroatoms. The summed E-state index contributed by atoms with van der Waals surface area (Å²) in [6.07, 6.45) is 2.87. The maximum atomic E-state index is 13.6. The van der Waals surface area contributed by atoms with Gasteiger partial charge in [-0.1, -0.05) is 37.3 Å². The lowest BCUT2D eigenvalue weighted by Gasteiger charge is -2.08. The van der Waals surface area contributed by atoms with E-state index in [0.717, 1.165) is 23.2 Å². The molecule has 0 atom stereocenters. The smallest absolute Gasteiger partial charge is 0.144 e. The fourth-order valence-electron chi connectivity index (χ4n) is 2.42. The third-order valence-corrected chi connectivity index (χ3v) is 3.95. The minimum atomic E-state index is -0.572. The van der Waals surface area contributed by atoms with Gasteiger partial charge in [0.05, 0.1) is 11.3 Å². The van der Waals surface area contributed by atoms with E-state index in [1.54, 1.807) is 12.1 Å². The normalized spacial score (nSPS) is 10.3. The summed E-state index contributed by atoms with van der Waals surface area (Å²) in [5.74, 6) is -0.172. The Morgan fingerprint density at radius 3 is 2.40 bits per heavy atom. The van der Waals surface area contributed by atoms with Gasteiger partial charge in [0.15, 0.2) is 0 Å². The van der Waals surface area contributed by atoms with E-state index >= 15 is 0 Å². The lowest BCUT2D eigenvalue weighted by molar-refractivity contribution is 0.304. The number of pyridine rings is 1. The Morgan fingerprint density at radius 2 is 1.80 bits per heavy atom. The van der Waals surface area contributed by atoms with Crippen molar-refractivity contribution in [2.24, 2.45) is 0 Å². The fraction of sp³-hybridized carbons (Fsp3) is 0.143. The quantitative estimate of drug-likeness (QED) is 0.667. The number of aryl methyl sites for hydroxylation is 1. The number of nitrogens with zero attached hydrogens (tertiary/aromatic N) is 2. The van der Waals surface area contributed by atoms with E-state index in [9.17, 15) is 4.39 Å². The highest BCUT2D eigenvalue weighted by Crippen LogP contribution is 2.20. The molecular weight excluding hydrogens is 315 g/mol. The Kier molecular flexibility index (Phi) is 5.06. The van der Waals surface area contributed by atoms with Gasteiger partial charge >= 0.3 is 0 Å². The van der Waals surface area contributed by atoms with Crippen LogP contribution in [-0.2, 0) is 13.0 Å². The van der Waals surface area contributed by atoms with Crippen molar-refractivity contribution < 1.29 is 9.13 Å². The van der Waals surface area contributed by atoms with Crippen LogP contribution in [0.2, 0.25) is 0 Å². The summed E-state index contributed by atoms with van der Waals surface area (Å²) in [4.78, 5) is 4.47. The van der Waals surface area contributed by atoms with Crippen molar-refractivity contribution >= 4 is 0 Å². The van der Waals surface area contributed by atoms with Crippen LogP contribution in [0.5, 0.6) is 5.75 Å². The Bertz CT molecular complexity index is 897. The number of aromatic nitrogens is 1. The molecule has 0 bridgehead atoms. The van der Waals surface area contributed by atoms with Gasteiger partial charge in [0.25, 0.3) is 0 Å². The van der Waals surface area contributed by atoms with Gasteiger partial charge in [0, 0.05) is 17.8 Å². The van der Waals surface area contributed by atoms with Crippen molar-refractivity contribution in [3.63, 3.8) is 0 Å². The van der Waals surface area contributed by atoms with E-state index in [4.69, 9.17) is 10.00 Å². The molecular formula is C21H17FN2O. The molecule has 0 saturated heterocycles. The van der Waals surface area contributed by atoms with E-state index in [-0.39, 0.29) is 5.56 Å². The standard InChI is InChI=1S/C21H17FN2O/c1-2-15-5-10-21(24-13-15)17-6-3-16(4-7-17)14-25-19-9-8-18(12-23)20(22)11-19/h3-11,13H,2,14H2,1H3. The van der Waals surface area contributed by atoms with Gasteiger partial charge in [-0.2, -0.15) is 5.26 Å². The van der Waals surface area contributed by atoms with Crippen LogP contribution in [0.15, 0.2) is 60.8 Å². The van der Waals surface area contributed by atoms with Crippen molar-refractivity contribution in [2.45, 2.75) is 20.0 Å². The summed E-state index contributed by atoms with van der Waals surface area (Å²) in [5.41, 5.74) is 4.16. The number of hydrogen-bond acceptors (Lipinski definition) is 3. The first-order valence-electron chi connectivity index (χ1n) is 8.06. The first-order chi connectivity index (χ1) is 12.2. The van der Waals surface area contributed by atoms with Crippen molar-refractivity contribution in [1.82, 2.24) is 4.98 Å². The number of benzene rings is 2. The minimum Gasteiger partial charge on any atom is -0.489 e. The average molecular weight is 332 g/mol. The van der Waals surface area contributed by atoms with Crippen molar-refractivity contribution in [3.8, 4) is 23.1 Å². The lowest BCUT2D eigenvalue weighted by Crippen LogP contribution is -1.96. The Balaban J connectivity index is 1.66. The number of ether oxygens (including phenoxy) is 1. The molecule has 1 heterocycles. The summed E-state index contributed by atoms with van der Waals surface area (Å²) in [6, 6.07) is 18.0. The summed E-state index contributed by atoms with van der Waals surface area (Å²) >= 11 is 0. The zero-order valence-electron chi connectivity index (χ0n) is 13.9. The summed E-state index contributed by atoms with van der Waals surface area (Å²) in [6.45, 7) is 2.43. The van der Waals surface area contributed by atoms with Crippen LogP contribution >= 0.6 is 0 Å². The largest absolute Gasteiger partial charge is 0.489 e. The molecule has 0 aliphatic rings. The van der Waals surface area contributed by atoms with Gasteiger partial charge in [-0.25, -0.2) is 4.39 Å². The summed E-state index contributed by atoms with van der Waals surface area (Å²) in [7, 11) is 0. The fourth-order valence-corrected chi connectivity index (χ4v) is 2.42. The van der Waals surface area contributed by atoms with E-state index in [2.05, 4.69) is 18.0 Å². The van der Waals surface area contributed by atoms with Crippen molar-refractivity contribution in [2.75, 3.05) is 0 Å². The molecule has 0 unspecified atom stereocenters. The zero-order valence-corrected chi connectivity index (χ0v) is 13.9. The van der Waals surface area contributed by atoms with Crippen LogP contribution in [0.4, 0.5) is 4.39 Å². The van der Waals surface area contributed by atoms with Crippen LogP contribution in [0.1, 0.15) is 23.6 Å². The van der Waals surface area contributed by atoms with E-state index in [1.807, 2.05) is 36.5 Å². The molecule has 124 valence electrons. The second kappa shape index (κ2) is 7.59. The minimum absolute atomic E-state index is 0.0123. The molecule has 25 heavy (non-hydrogen) atoms. The molecule has 1 aromatic heterocycles. The molecule has 3 aromatic rings. The molecule has 3 nitrogen and oxygen atoms in total. The lowest BCUT2D eigenvalue weighted by atomic mass is 10.1. The highest BCUT2D eigenvalue weighted by atomic mass is 19.1. The third-order valence-electron chi connectivity index (χ3n) is 3.95. The van der Waals surface area contributed by atoms with Gasteiger partial charge in [-0.05, 0) is 35.7 Å². The Labute approximate surface area is 146 Å². The third kappa shape index (κ3) is 4.02. The van der Waals surface area contributed by atoms with Gasteiger partial charge in [0.1, 0.15) is 24.2 Å². The molecule has 0 fully saturated rings. The molecule has 3 rings (SSSR count). The molecule has 0 aliphatic carbocycles. The first-order valence-corrected chi connectivity index (χ1v) is 8.06. The van der Waals surface area contributed by atoms with Crippen molar-refractivity contribution in [3.05, 3.63) is 83.3 Å². The number of nitriles is 1. The molecule has 0 amide bonds. The zero-order chi connectivity index (χ0) is 17.6. The predicted molar refractivity (Wildman–Crippen MR) is 94.5 cm³/mol. The summed E-state index contributed by atoms with van der Waals surface area (Å²) in [5, 5.41) is 8.73. The second-order valence-electron chi connectivity index (χ2n) is 5.64. The Hall–Kier alpha value is -3.19. The maximum Gasteiger partial charge on any atom is 0.144 e.